The lowest BCUT2D eigenvalue weighted by atomic mass is 10.0. The molecule has 16 heterocycles. The highest BCUT2D eigenvalue weighted by Gasteiger charge is 2.37. The van der Waals surface area contributed by atoms with Gasteiger partial charge in [-0.3, -0.25) is 39.1 Å². The summed E-state index contributed by atoms with van der Waals surface area (Å²) in [5.41, 5.74) is 20.7. The van der Waals surface area contributed by atoms with Crippen LogP contribution in [0, 0.1) is 0 Å². The van der Waals surface area contributed by atoms with E-state index in [4.69, 9.17) is 40.3 Å². The summed E-state index contributed by atoms with van der Waals surface area (Å²) in [6.07, 6.45) is 27.8. The Morgan fingerprint density at radius 1 is 0.438 bits per heavy atom. The van der Waals surface area contributed by atoms with Gasteiger partial charge < -0.3 is 41.1 Å². The fourth-order valence-corrected chi connectivity index (χ4v) is 16.9. The molecule has 16 rings (SSSR count). The van der Waals surface area contributed by atoms with Crippen molar-refractivity contribution in [3.05, 3.63) is 239 Å². The van der Waals surface area contributed by atoms with Crippen molar-refractivity contribution < 1.29 is 38.6 Å². The number of Topliss-reactive ketones (excluding diaryl/α,β-unsaturated/α-hetero) is 4. The van der Waals surface area contributed by atoms with Gasteiger partial charge in [0.25, 0.3) is 0 Å². The lowest BCUT2D eigenvalue weighted by Crippen LogP contribution is -2.41. The Morgan fingerprint density at radius 3 is 0.961 bits per heavy atom. The number of rotatable bonds is 36. The predicted octanol–water partition coefficient (Wildman–Crippen LogP) is 17.8. The van der Waals surface area contributed by atoms with Crippen LogP contribution < -0.4 is 21.7 Å². The number of carbonyl (C=O) groups excluding carboxylic acids is 5. The van der Waals surface area contributed by atoms with Crippen LogP contribution in [0.25, 0.3) is 110 Å². The number of hydrogen-bond acceptors (Lipinski definition) is 28. The average Bonchev–Trinajstić information content (AvgIpc) is 1.65. The SMILES string of the molecule is CC(C)(C)[Si](C)(C)OCC=O.CCCN[C@@H](C)CCC(=O)c1ccnc(-c2cnn3ccc(-c4cccs4)nc23)c1.C[C@@H](CCC(=O)c1ccnc(-c2cnn3ccc(-c4cccs4)nc23)c1)NCCO.C[C@@H](CCC(=O)c1ccnc(-c2cnn3ccc(-c4cccs4)nc23)c1)NCCO.C[C@H](N)CCC(=O)c1ccnc(-c2cnn3ccc(-c4cccs4)nc23)c1. The minimum absolute atomic E-state index is 0.00903. The third-order valence-electron chi connectivity index (χ3n) is 21.5. The molecule has 28 nitrogen and oxygen atoms in total. The Hall–Kier alpha value is -11.8. The quantitative estimate of drug-likeness (QED) is 0.0121. The van der Waals surface area contributed by atoms with Crippen LogP contribution in [0.1, 0.15) is 155 Å². The number of carbonyl (C=O) groups is 5. The molecule has 128 heavy (non-hydrogen) atoms. The number of aliphatic hydroxyl groups is 2. The summed E-state index contributed by atoms with van der Waals surface area (Å²) in [6.45, 7) is 23.4. The van der Waals surface area contributed by atoms with Gasteiger partial charge >= 0.3 is 0 Å². The number of ketones is 4. The molecule has 0 radical (unpaired) electrons. The van der Waals surface area contributed by atoms with Crippen molar-refractivity contribution in [2.75, 3.05) is 39.5 Å². The summed E-state index contributed by atoms with van der Waals surface area (Å²) in [4.78, 5) is 102. The van der Waals surface area contributed by atoms with E-state index in [0.29, 0.717) is 126 Å². The number of aromatic nitrogens is 16. The van der Waals surface area contributed by atoms with Crippen LogP contribution in [-0.4, -0.2) is 190 Å². The molecule has 4 atom stereocenters. The second-order valence-corrected chi connectivity index (χ2v) is 40.9. The van der Waals surface area contributed by atoms with Crippen LogP contribution in [0.5, 0.6) is 0 Å². The van der Waals surface area contributed by atoms with Gasteiger partial charge in [-0.15, -0.1) is 45.3 Å². The van der Waals surface area contributed by atoms with Crippen molar-refractivity contribution in [1.82, 2.24) is 94.3 Å². The molecule has 0 saturated carbocycles. The van der Waals surface area contributed by atoms with Crippen LogP contribution in [0.2, 0.25) is 18.1 Å². The number of nitrogens with zero attached hydrogens (tertiary/aromatic N) is 16. The van der Waals surface area contributed by atoms with Gasteiger partial charge in [0.1, 0.15) is 6.29 Å². The molecule has 0 bridgehead atoms. The van der Waals surface area contributed by atoms with E-state index < -0.39 is 8.32 Å². The lowest BCUT2D eigenvalue weighted by molar-refractivity contribution is -0.109. The fourth-order valence-electron chi connectivity index (χ4n) is 13.2. The molecule has 0 aliphatic carbocycles. The Morgan fingerprint density at radius 2 is 0.719 bits per heavy atom. The van der Waals surface area contributed by atoms with Crippen LogP contribution >= 0.6 is 45.3 Å². The molecule has 664 valence electrons. The van der Waals surface area contributed by atoms with Crippen molar-refractivity contribution in [3.63, 3.8) is 0 Å². The topological polar surface area (TPSA) is 369 Å². The van der Waals surface area contributed by atoms with Gasteiger partial charge in [0, 0.05) is 135 Å². The highest BCUT2D eigenvalue weighted by atomic mass is 32.1. The maximum atomic E-state index is 12.7. The van der Waals surface area contributed by atoms with Crippen LogP contribution in [0.15, 0.2) is 217 Å². The molecule has 0 fully saturated rings. The van der Waals surface area contributed by atoms with Gasteiger partial charge in [-0.25, -0.2) is 38.0 Å². The monoisotopic (exact) mass is 1810 g/mol. The largest absolute Gasteiger partial charge is 0.410 e. The standard InChI is InChI=1S/C23H25N5OS.2C22H23N5O2S.C20H19N5OS.C8H18O2Si/c1-3-10-24-16(2)6-7-21(29)17-8-11-25-20(14-17)18-15-26-28-12-9-19(27-23(18)28)22-5-4-13-30-22;2*1-15(23-9-11-28)4-5-20(29)16-6-8-24-19(13-16)17-14-25-27-10-7-18(26-22(17)27)21-3-2-12-30-21;1-13(21)4-5-18(26)14-6-8-22-17(11-14)15-12-23-25-9-7-16(24-20(15)25)19-3-2-10-27-19;1-8(2,3)11(4,5)10-7-6-9/h4-5,8-9,11-16,24H,3,6-7,10H2,1-2H3;2*2-3,6-8,10,12-15,23,28H,4-5,9,11H2,1H3;2-3,6-13H,4-5,21H2,1H3;6H,7H2,1-5H3/t16-;2*15-;13-;/m0000./s1. The zero-order chi connectivity index (χ0) is 90.7. The molecule has 7 N–H and O–H groups in total. The minimum atomic E-state index is -1.66. The Bertz CT molecular complexity index is 5850. The molecule has 16 aromatic heterocycles. The molecular weight excluding hydrogens is 1710 g/mol. The van der Waals surface area contributed by atoms with E-state index in [1.165, 1.54) is 0 Å². The molecule has 0 amide bonds. The van der Waals surface area contributed by atoms with E-state index in [1.54, 1.807) is 143 Å². The van der Waals surface area contributed by atoms with Crippen molar-refractivity contribution >= 4 is 106 Å². The molecule has 0 spiro atoms. The Labute approximate surface area is 760 Å². The van der Waals surface area contributed by atoms with E-state index in [0.717, 1.165) is 95.9 Å². The van der Waals surface area contributed by atoms with Crippen LogP contribution in [0.3, 0.4) is 0 Å². The third kappa shape index (κ3) is 25.8. The van der Waals surface area contributed by atoms with Crippen LogP contribution in [-0.2, 0) is 9.22 Å². The first-order valence-electron chi connectivity index (χ1n) is 42.7. The number of aliphatic hydroxyl groups excluding tert-OH is 2. The maximum Gasteiger partial charge on any atom is 0.192 e. The first-order valence-corrected chi connectivity index (χ1v) is 49.1. The summed E-state index contributed by atoms with van der Waals surface area (Å²) in [5, 5.41) is 53.4. The average molecular weight is 1810 g/mol. The van der Waals surface area contributed by atoms with Crippen molar-refractivity contribution in [2.45, 2.75) is 155 Å². The Balaban J connectivity index is 0.000000149. The van der Waals surface area contributed by atoms with E-state index in [2.05, 4.69) is 104 Å². The fraction of sp³-hybridized carbons (Fsp3) is 0.316. The summed E-state index contributed by atoms with van der Waals surface area (Å²) in [7, 11) is -1.66. The van der Waals surface area contributed by atoms with Crippen molar-refractivity contribution in [1.29, 1.82) is 0 Å². The molecule has 0 aromatic carbocycles. The van der Waals surface area contributed by atoms with Crippen molar-refractivity contribution in [3.8, 4) is 87.3 Å². The second-order valence-electron chi connectivity index (χ2n) is 32.3. The number of fused-ring (bicyclic) bond motifs is 4. The molecule has 0 aliphatic rings. The third-order valence-corrected chi connectivity index (χ3v) is 29.6. The van der Waals surface area contributed by atoms with E-state index in [1.807, 2.05) is 158 Å². The number of nitrogens with two attached hydrogens (primary N) is 1. The highest BCUT2D eigenvalue weighted by Crippen LogP contribution is 2.37. The van der Waals surface area contributed by atoms with Gasteiger partial charge in [-0.2, -0.15) is 20.4 Å². The van der Waals surface area contributed by atoms with Gasteiger partial charge in [-0.05, 0) is 203 Å². The number of pyridine rings is 4. The zero-order valence-corrected chi connectivity index (χ0v) is 77.8. The number of thiophene rings is 4. The highest BCUT2D eigenvalue weighted by molar-refractivity contribution is 7.14. The summed E-state index contributed by atoms with van der Waals surface area (Å²) >= 11 is 6.56. The summed E-state index contributed by atoms with van der Waals surface area (Å²) in [6, 6.07) is 38.9. The molecule has 0 aliphatic heterocycles. The molecular formula is C95H108N20O8S4Si. The second kappa shape index (κ2) is 46.2. The minimum Gasteiger partial charge on any atom is -0.410 e. The van der Waals surface area contributed by atoms with Crippen molar-refractivity contribution in [2.24, 2.45) is 5.73 Å². The number of aldehydes is 1. The predicted molar refractivity (Wildman–Crippen MR) is 512 cm³/mol. The summed E-state index contributed by atoms with van der Waals surface area (Å²) in [5.74, 6) is 0.340. The van der Waals surface area contributed by atoms with Gasteiger partial charge in [0.05, 0.1) is 132 Å². The maximum absolute atomic E-state index is 12.7. The van der Waals surface area contributed by atoms with Gasteiger partial charge in [0.15, 0.2) is 54.0 Å². The van der Waals surface area contributed by atoms with E-state index in [9.17, 15) is 24.0 Å². The smallest absolute Gasteiger partial charge is 0.192 e. The first-order chi connectivity index (χ1) is 61.9. The molecule has 0 unspecified atom stereocenters. The van der Waals surface area contributed by atoms with Gasteiger partial charge in [0.2, 0.25) is 0 Å². The molecule has 0 saturated heterocycles. The van der Waals surface area contributed by atoms with Gasteiger partial charge in [-0.1, -0.05) is 52.0 Å². The summed E-state index contributed by atoms with van der Waals surface area (Å²) < 4.78 is 12.4. The Kier molecular flexibility index (Phi) is 34.4. The van der Waals surface area contributed by atoms with E-state index >= 15 is 0 Å². The number of hydrogen-bond donors (Lipinski definition) is 6. The normalized spacial score (nSPS) is 12.4. The van der Waals surface area contributed by atoms with Crippen LogP contribution in [0.4, 0.5) is 0 Å². The number of nitrogens with one attached hydrogen (secondary N) is 3. The molecule has 33 heteroatoms. The lowest BCUT2D eigenvalue weighted by Gasteiger charge is -2.35. The first kappa shape index (κ1) is 95.3. The van der Waals surface area contributed by atoms with E-state index in [-0.39, 0.29) is 66.1 Å². The molecule has 16 aromatic rings. The zero-order valence-electron chi connectivity index (χ0n) is 73.5.